The minimum absolute atomic E-state index is 0.00563. The fourth-order valence-corrected chi connectivity index (χ4v) is 3.90. The van der Waals surface area contributed by atoms with Gasteiger partial charge < -0.3 is 20.9 Å². The van der Waals surface area contributed by atoms with Gasteiger partial charge in [-0.05, 0) is 49.6 Å². The zero-order chi connectivity index (χ0) is 22.8. The number of ether oxygens (including phenoxy) is 1. The number of hydrogen-bond acceptors (Lipinski definition) is 5. The highest BCUT2D eigenvalue weighted by molar-refractivity contribution is 5.95. The highest BCUT2D eigenvalue weighted by atomic mass is 16.5. The number of carboxylic acids is 1. The predicted molar refractivity (Wildman–Crippen MR) is 120 cm³/mol. The van der Waals surface area contributed by atoms with Crippen LogP contribution in [0.4, 0.5) is 5.69 Å². The van der Waals surface area contributed by atoms with Gasteiger partial charge in [-0.2, -0.15) is 5.10 Å². The van der Waals surface area contributed by atoms with Crippen LogP contribution in [0.15, 0.2) is 42.5 Å². The Morgan fingerprint density at radius 3 is 2.62 bits per heavy atom. The number of nitrogens with one attached hydrogen (secondary N) is 1. The SMILES string of the molecule is Cc1ccc(C)c(C(=O)NCc2ccc(-n3nc(C4CCOC4)c(N)c3C(=O)O)cc2)c1. The number of nitrogens with zero attached hydrogens (tertiary/aromatic N) is 2. The summed E-state index contributed by atoms with van der Waals surface area (Å²) in [4.78, 5) is 24.4. The first-order valence-electron chi connectivity index (χ1n) is 10.5. The van der Waals surface area contributed by atoms with Crippen molar-refractivity contribution in [3.63, 3.8) is 0 Å². The molecule has 1 aliphatic rings. The van der Waals surface area contributed by atoms with Crippen molar-refractivity contribution < 1.29 is 19.4 Å². The average molecular weight is 434 g/mol. The lowest BCUT2D eigenvalue weighted by atomic mass is 10.0. The third kappa shape index (κ3) is 4.22. The van der Waals surface area contributed by atoms with E-state index in [0.717, 1.165) is 23.1 Å². The van der Waals surface area contributed by atoms with Crippen molar-refractivity contribution in [2.24, 2.45) is 0 Å². The number of carbonyl (C=O) groups excluding carboxylic acids is 1. The van der Waals surface area contributed by atoms with Crippen LogP contribution < -0.4 is 11.1 Å². The molecule has 0 aliphatic carbocycles. The summed E-state index contributed by atoms with van der Waals surface area (Å²) >= 11 is 0. The summed E-state index contributed by atoms with van der Waals surface area (Å²) in [5.74, 6) is -1.27. The first kappa shape index (κ1) is 21.6. The summed E-state index contributed by atoms with van der Waals surface area (Å²) in [6.07, 6.45) is 0.763. The Kier molecular flexibility index (Phi) is 5.96. The maximum absolute atomic E-state index is 12.6. The van der Waals surface area contributed by atoms with E-state index >= 15 is 0 Å². The fourth-order valence-electron chi connectivity index (χ4n) is 3.90. The van der Waals surface area contributed by atoms with Gasteiger partial charge in [0.1, 0.15) is 0 Å². The van der Waals surface area contributed by atoms with Crippen LogP contribution in [0.5, 0.6) is 0 Å². The lowest BCUT2D eigenvalue weighted by molar-refractivity contribution is 0.0688. The van der Waals surface area contributed by atoms with Gasteiger partial charge in [0, 0.05) is 24.6 Å². The predicted octanol–water partition coefficient (Wildman–Crippen LogP) is 3.20. The van der Waals surface area contributed by atoms with Gasteiger partial charge in [-0.15, -0.1) is 0 Å². The highest BCUT2D eigenvalue weighted by Gasteiger charge is 2.29. The molecule has 32 heavy (non-hydrogen) atoms. The molecular formula is C24H26N4O4. The molecule has 1 aliphatic heterocycles. The molecule has 0 spiro atoms. The average Bonchev–Trinajstić information content (AvgIpc) is 3.42. The Balaban J connectivity index is 1.52. The van der Waals surface area contributed by atoms with E-state index in [1.54, 1.807) is 12.1 Å². The number of nitrogens with two attached hydrogens (primary N) is 1. The minimum Gasteiger partial charge on any atom is -0.476 e. The Morgan fingerprint density at radius 1 is 1.22 bits per heavy atom. The Morgan fingerprint density at radius 2 is 1.97 bits per heavy atom. The Labute approximate surface area is 186 Å². The quantitative estimate of drug-likeness (QED) is 0.548. The minimum atomic E-state index is -1.13. The molecule has 4 rings (SSSR count). The molecule has 1 unspecified atom stereocenters. The molecule has 166 valence electrons. The van der Waals surface area contributed by atoms with Gasteiger partial charge in [0.2, 0.25) is 0 Å². The smallest absolute Gasteiger partial charge is 0.356 e. The molecular weight excluding hydrogens is 408 g/mol. The van der Waals surface area contributed by atoms with Gasteiger partial charge >= 0.3 is 5.97 Å². The summed E-state index contributed by atoms with van der Waals surface area (Å²) in [6, 6.07) is 13.0. The summed E-state index contributed by atoms with van der Waals surface area (Å²) in [7, 11) is 0. The molecule has 1 aromatic heterocycles. The molecule has 1 saturated heterocycles. The lowest BCUT2D eigenvalue weighted by Crippen LogP contribution is -2.23. The van der Waals surface area contributed by atoms with Crippen LogP contribution >= 0.6 is 0 Å². The molecule has 4 N–H and O–H groups in total. The third-order valence-corrected chi connectivity index (χ3v) is 5.74. The Bertz CT molecular complexity index is 1160. The summed E-state index contributed by atoms with van der Waals surface area (Å²) in [5.41, 5.74) is 10.9. The molecule has 8 nitrogen and oxygen atoms in total. The number of benzene rings is 2. The van der Waals surface area contributed by atoms with E-state index < -0.39 is 5.97 Å². The molecule has 3 aromatic rings. The fraction of sp³-hybridized carbons (Fsp3) is 0.292. The molecule has 1 fully saturated rings. The molecule has 8 heteroatoms. The van der Waals surface area contributed by atoms with Crippen molar-refractivity contribution in [2.45, 2.75) is 32.7 Å². The van der Waals surface area contributed by atoms with Gasteiger partial charge in [0.05, 0.1) is 23.7 Å². The van der Waals surface area contributed by atoms with Crippen molar-refractivity contribution in [3.05, 3.63) is 76.1 Å². The molecule has 2 aromatic carbocycles. The van der Waals surface area contributed by atoms with Crippen LogP contribution in [0.1, 0.15) is 55.6 Å². The summed E-state index contributed by atoms with van der Waals surface area (Å²) in [5, 5.41) is 17.1. The van der Waals surface area contributed by atoms with E-state index in [-0.39, 0.29) is 23.2 Å². The van der Waals surface area contributed by atoms with Crippen LogP contribution in [-0.4, -0.2) is 40.0 Å². The topological polar surface area (TPSA) is 119 Å². The number of rotatable bonds is 6. The number of aromatic nitrogens is 2. The van der Waals surface area contributed by atoms with E-state index in [4.69, 9.17) is 10.5 Å². The van der Waals surface area contributed by atoms with E-state index in [0.29, 0.717) is 36.7 Å². The second-order valence-corrected chi connectivity index (χ2v) is 8.09. The second-order valence-electron chi connectivity index (χ2n) is 8.09. The first-order valence-corrected chi connectivity index (χ1v) is 10.5. The summed E-state index contributed by atoms with van der Waals surface area (Å²) in [6.45, 7) is 5.31. The number of aromatic carboxylic acids is 1. The number of carboxylic acid groups (broad SMARTS) is 1. The van der Waals surface area contributed by atoms with E-state index in [9.17, 15) is 14.7 Å². The van der Waals surface area contributed by atoms with Crippen LogP contribution in [0.25, 0.3) is 5.69 Å². The van der Waals surface area contributed by atoms with Crippen LogP contribution in [0.2, 0.25) is 0 Å². The van der Waals surface area contributed by atoms with Gasteiger partial charge in [0.15, 0.2) is 5.69 Å². The van der Waals surface area contributed by atoms with Crippen LogP contribution in [-0.2, 0) is 11.3 Å². The molecule has 0 radical (unpaired) electrons. The Hall–Kier alpha value is -3.65. The van der Waals surface area contributed by atoms with E-state index in [2.05, 4.69) is 10.4 Å². The van der Waals surface area contributed by atoms with E-state index in [1.165, 1.54) is 4.68 Å². The molecule has 0 saturated carbocycles. The van der Waals surface area contributed by atoms with Crippen molar-refractivity contribution in [1.29, 1.82) is 0 Å². The maximum atomic E-state index is 12.6. The van der Waals surface area contributed by atoms with Crippen molar-refractivity contribution in [1.82, 2.24) is 15.1 Å². The standard InChI is InChI=1S/C24H26N4O4/c1-14-3-4-15(2)19(11-14)23(29)26-12-16-5-7-18(8-6-16)28-22(24(30)31)20(25)21(27-28)17-9-10-32-13-17/h3-8,11,17H,9-10,12-13,25H2,1-2H3,(H,26,29)(H,30,31). The number of aryl methyl sites for hydroxylation is 2. The summed E-state index contributed by atoms with van der Waals surface area (Å²) < 4.78 is 6.77. The monoisotopic (exact) mass is 434 g/mol. The van der Waals surface area contributed by atoms with Crippen molar-refractivity contribution in [3.8, 4) is 5.69 Å². The number of nitrogen functional groups attached to an aromatic ring is 1. The zero-order valence-corrected chi connectivity index (χ0v) is 18.1. The van der Waals surface area contributed by atoms with Crippen molar-refractivity contribution >= 4 is 17.6 Å². The number of carbonyl (C=O) groups is 2. The van der Waals surface area contributed by atoms with Gasteiger partial charge in [-0.25, -0.2) is 9.48 Å². The largest absolute Gasteiger partial charge is 0.476 e. The van der Waals surface area contributed by atoms with Crippen LogP contribution in [0, 0.1) is 13.8 Å². The van der Waals surface area contributed by atoms with Gasteiger partial charge in [-0.3, -0.25) is 4.79 Å². The molecule has 1 amide bonds. The first-order chi connectivity index (χ1) is 15.3. The van der Waals surface area contributed by atoms with Gasteiger partial charge in [0.25, 0.3) is 5.91 Å². The highest BCUT2D eigenvalue weighted by Crippen LogP contribution is 2.32. The third-order valence-electron chi connectivity index (χ3n) is 5.74. The van der Waals surface area contributed by atoms with E-state index in [1.807, 2.05) is 44.2 Å². The number of anilines is 1. The number of hydrogen-bond donors (Lipinski definition) is 3. The molecule has 1 atom stereocenters. The second kappa shape index (κ2) is 8.84. The zero-order valence-electron chi connectivity index (χ0n) is 18.1. The van der Waals surface area contributed by atoms with Gasteiger partial charge in [-0.1, -0.05) is 29.8 Å². The van der Waals surface area contributed by atoms with Crippen molar-refractivity contribution in [2.75, 3.05) is 18.9 Å². The molecule has 0 bridgehead atoms. The maximum Gasteiger partial charge on any atom is 0.356 e. The van der Waals surface area contributed by atoms with Crippen LogP contribution in [0.3, 0.4) is 0 Å². The lowest BCUT2D eigenvalue weighted by Gasteiger charge is -2.10. The number of amides is 1. The normalized spacial score (nSPS) is 15.6. The molecule has 2 heterocycles.